The van der Waals surface area contributed by atoms with Gasteiger partial charge in [-0.1, -0.05) is 23.7 Å². The number of carbonyl (C=O) groups is 1. The minimum Gasteiger partial charge on any atom is -0.381 e. The predicted octanol–water partition coefficient (Wildman–Crippen LogP) is 4.22. The molecule has 0 bridgehead atoms. The standard InChI is InChI=1S/C17H16ClFN2O/c18-13-5-3-12(4-6-13)11-20-14-7-8-15(19)16(10-14)21-9-1-2-17(21)22/h3-8,10,20H,1-2,9,11H2. The number of amides is 1. The number of hydrogen-bond acceptors (Lipinski definition) is 2. The van der Waals surface area contributed by atoms with Crippen molar-refractivity contribution in [3.05, 3.63) is 58.9 Å². The van der Waals surface area contributed by atoms with E-state index in [1.807, 2.05) is 24.3 Å². The van der Waals surface area contributed by atoms with Crippen molar-refractivity contribution in [2.24, 2.45) is 0 Å². The first-order chi connectivity index (χ1) is 10.6. The van der Waals surface area contributed by atoms with E-state index < -0.39 is 0 Å². The Bertz CT molecular complexity index is 688. The first-order valence-electron chi connectivity index (χ1n) is 7.22. The number of carbonyl (C=O) groups excluding carboxylic acids is 1. The van der Waals surface area contributed by atoms with E-state index >= 15 is 0 Å². The second kappa shape index (κ2) is 6.36. The number of benzene rings is 2. The Hall–Kier alpha value is -2.07. The van der Waals surface area contributed by atoms with Gasteiger partial charge in [0.1, 0.15) is 5.82 Å². The number of anilines is 2. The highest BCUT2D eigenvalue weighted by Gasteiger charge is 2.24. The molecule has 2 aromatic carbocycles. The van der Waals surface area contributed by atoms with E-state index in [9.17, 15) is 9.18 Å². The molecule has 3 rings (SSSR count). The zero-order chi connectivity index (χ0) is 15.5. The molecule has 0 aromatic heterocycles. The van der Waals surface area contributed by atoms with Crippen molar-refractivity contribution in [2.75, 3.05) is 16.8 Å². The van der Waals surface area contributed by atoms with Crippen molar-refractivity contribution in [1.29, 1.82) is 0 Å². The summed E-state index contributed by atoms with van der Waals surface area (Å²) in [6.45, 7) is 1.19. The highest BCUT2D eigenvalue weighted by molar-refractivity contribution is 6.30. The summed E-state index contributed by atoms with van der Waals surface area (Å²) in [7, 11) is 0. The monoisotopic (exact) mass is 318 g/mol. The lowest BCUT2D eigenvalue weighted by Gasteiger charge is -2.18. The Kier molecular flexibility index (Phi) is 4.29. The third kappa shape index (κ3) is 3.22. The molecule has 0 unspecified atom stereocenters. The SMILES string of the molecule is O=C1CCCN1c1cc(NCc2ccc(Cl)cc2)ccc1F. The van der Waals surface area contributed by atoms with Gasteiger partial charge in [0, 0.05) is 30.2 Å². The van der Waals surface area contributed by atoms with E-state index in [-0.39, 0.29) is 11.7 Å². The van der Waals surface area contributed by atoms with Crippen molar-refractivity contribution in [3.63, 3.8) is 0 Å². The second-order valence-electron chi connectivity index (χ2n) is 5.30. The van der Waals surface area contributed by atoms with Crippen molar-refractivity contribution in [2.45, 2.75) is 19.4 Å². The molecule has 1 saturated heterocycles. The Morgan fingerprint density at radius 1 is 1.18 bits per heavy atom. The molecule has 0 spiro atoms. The van der Waals surface area contributed by atoms with Crippen LogP contribution in [0.1, 0.15) is 18.4 Å². The summed E-state index contributed by atoms with van der Waals surface area (Å²) in [5.41, 5.74) is 2.21. The van der Waals surface area contributed by atoms with E-state index in [1.165, 1.54) is 11.0 Å². The summed E-state index contributed by atoms with van der Waals surface area (Å²) in [5, 5.41) is 3.93. The van der Waals surface area contributed by atoms with Gasteiger partial charge in [0.25, 0.3) is 0 Å². The van der Waals surface area contributed by atoms with E-state index in [0.29, 0.717) is 30.2 Å². The van der Waals surface area contributed by atoms with Crippen LogP contribution in [0.25, 0.3) is 0 Å². The van der Waals surface area contributed by atoms with Gasteiger partial charge in [0.15, 0.2) is 0 Å². The molecule has 114 valence electrons. The molecule has 1 heterocycles. The predicted molar refractivity (Wildman–Crippen MR) is 86.8 cm³/mol. The fourth-order valence-electron chi connectivity index (χ4n) is 2.54. The average molecular weight is 319 g/mol. The largest absolute Gasteiger partial charge is 0.381 e. The van der Waals surface area contributed by atoms with Crippen LogP contribution in [0.5, 0.6) is 0 Å². The highest BCUT2D eigenvalue weighted by atomic mass is 35.5. The summed E-state index contributed by atoms with van der Waals surface area (Å²) in [6, 6.07) is 12.3. The van der Waals surface area contributed by atoms with Crippen molar-refractivity contribution < 1.29 is 9.18 Å². The molecule has 1 N–H and O–H groups in total. The first-order valence-corrected chi connectivity index (χ1v) is 7.59. The van der Waals surface area contributed by atoms with Gasteiger partial charge in [0.05, 0.1) is 5.69 Å². The fraction of sp³-hybridized carbons (Fsp3) is 0.235. The van der Waals surface area contributed by atoms with Gasteiger partial charge in [-0.3, -0.25) is 4.79 Å². The summed E-state index contributed by atoms with van der Waals surface area (Å²) in [4.78, 5) is 13.3. The smallest absolute Gasteiger partial charge is 0.227 e. The fourth-order valence-corrected chi connectivity index (χ4v) is 2.66. The highest BCUT2D eigenvalue weighted by Crippen LogP contribution is 2.27. The van der Waals surface area contributed by atoms with Gasteiger partial charge in [0.2, 0.25) is 5.91 Å². The van der Waals surface area contributed by atoms with Gasteiger partial charge < -0.3 is 10.2 Å². The van der Waals surface area contributed by atoms with Gasteiger partial charge in [-0.25, -0.2) is 4.39 Å². The van der Waals surface area contributed by atoms with Crippen LogP contribution in [0.3, 0.4) is 0 Å². The molecule has 1 amide bonds. The Labute approximate surface area is 133 Å². The third-order valence-corrected chi connectivity index (χ3v) is 3.97. The summed E-state index contributed by atoms with van der Waals surface area (Å²) >= 11 is 5.85. The minimum absolute atomic E-state index is 0.0197. The molecular weight excluding hydrogens is 303 g/mol. The van der Waals surface area contributed by atoms with Gasteiger partial charge in [-0.15, -0.1) is 0 Å². The summed E-state index contributed by atoms with van der Waals surface area (Å²) in [5.74, 6) is -0.388. The Balaban J connectivity index is 1.74. The van der Waals surface area contributed by atoms with E-state index in [0.717, 1.165) is 17.7 Å². The molecule has 0 atom stereocenters. The number of nitrogens with zero attached hydrogens (tertiary/aromatic N) is 1. The second-order valence-corrected chi connectivity index (χ2v) is 5.73. The minimum atomic E-state index is -0.368. The zero-order valence-electron chi connectivity index (χ0n) is 12.0. The molecule has 1 fully saturated rings. The van der Waals surface area contributed by atoms with Crippen LogP contribution in [0.4, 0.5) is 15.8 Å². The maximum absolute atomic E-state index is 14.0. The van der Waals surface area contributed by atoms with E-state index in [4.69, 9.17) is 11.6 Å². The van der Waals surface area contributed by atoms with E-state index in [1.54, 1.807) is 12.1 Å². The summed E-state index contributed by atoms with van der Waals surface area (Å²) in [6.07, 6.45) is 1.27. The van der Waals surface area contributed by atoms with Crippen molar-refractivity contribution >= 4 is 28.9 Å². The van der Waals surface area contributed by atoms with E-state index in [2.05, 4.69) is 5.32 Å². The third-order valence-electron chi connectivity index (χ3n) is 3.72. The van der Waals surface area contributed by atoms with Crippen molar-refractivity contribution in [1.82, 2.24) is 0 Å². The lowest BCUT2D eigenvalue weighted by molar-refractivity contribution is -0.117. The van der Waals surface area contributed by atoms with Gasteiger partial charge in [-0.2, -0.15) is 0 Å². The molecular formula is C17H16ClFN2O. The Morgan fingerprint density at radius 3 is 2.64 bits per heavy atom. The molecule has 22 heavy (non-hydrogen) atoms. The quantitative estimate of drug-likeness (QED) is 0.915. The van der Waals surface area contributed by atoms with Crippen LogP contribution in [0.15, 0.2) is 42.5 Å². The molecule has 3 nitrogen and oxygen atoms in total. The topological polar surface area (TPSA) is 32.3 Å². The van der Waals surface area contributed by atoms with Crippen LogP contribution >= 0.6 is 11.6 Å². The van der Waals surface area contributed by atoms with Crippen LogP contribution in [-0.4, -0.2) is 12.5 Å². The number of hydrogen-bond donors (Lipinski definition) is 1. The van der Waals surface area contributed by atoms with Crippen LogP contribution in [-0.2, 0) is 11.3 Å². The maximum atomic E-state index is 14.0. The molecule has 1 aliphatic rings. The molecule has 5 heteroatoms. The zero-order valence-corrected chi connectivity index (χ0v) is 12.7. The van der Waals surface area contributed by atoms with Gasteiger partial charge in [-0.05, 0) is 42.3 Å². The molecule has 0 radical (unpaired) electrons. The molecule has 0 saturated carbocycles. The number of rotatable bonds is 4. The first kappa shape index (κ1) is 14.9. The van der Waals surface area contributed by atoms with Crippen molar-refractivity contribution in [3.8, 4) is 0 Å². The number of nitrogens with one attached hydrogen (secondary N) is 1. The summed E-state index contributed by atoms with van der Waals surface area (Å²) < 4.78 is 14.0. The maximum Gasteiger partial charge on any atom is 0.227 e. The van der Waals surface area contributed by atoms with Crippen LogP contribution in [0, 0.1) is 5.82 Å². The normalized spacial score (nSPS) is 14.5. The van der Waals surface area contributed by atoms with Crippen LogP contribution < -0.4 is 10.2 Å². The number of halogens is 2. The molecule has 2 aromatic rings. The molecule has 1 aliphatic heterocycles. The van der Waals surface area contributed by atoms with Gasteiger partial charge >= 0.3 is 0 Å². The van der Waals surface area contributed by atoms with Crippen LogP contribution in [0.2, 0.25) is 5.02 Å². The lowest BCUT2D eigenvalue weighted by Crippen LogP contribution is -2.24. The lowest BCUT2D eigenvalue weighted by atomic mass is 10.2. The average Bonchev–Trinajstić information content (AvgIpc) is 2.94. The Morgan fingerprint density at radius 2 is 1.95 bits per heavy atom. The molecule has 0 aliphatic carbocycles.